The number of benzene rings is 2. The highest BCUT2D eigenvalue weighted by molar-refractivity contribution is 5.97. The first-order valence-corrected chi connectivity index (χ1v) is 10.1. The summed E-state index contributed by atoms with van der Waals surface area (Å²) in [5, 5.41) is 11.1. The summed E-state index contributed by atoms with van der Waals surface area (Å²) in [6, 6.07) is 11.8. The van der Waals surface area contributed by atoms with Gasteiger partial charge >= 0.3 is 0 Å². The Bertz CT molecular complexity index is 1130. The summed E-state index contributed by atoms with van der Waals surface area (Å²) < 4.78 is 31.7. The Morgan fingerprint density at radius 3 is 1.91 bits per heavy atom. The molecular formula is C25H25F2N3O4. The van der Waals surface area contributed by atoms with E-state index in [1.807, 2.05) is 43.3 Å². The number of ether oxygens (including phenoxy) is 1. The minimum Gasteiger partial charge on any atom is -0.378 e. The molecular weight excluding hydrogens is 444 g/mol. The predicted molar refractivity (Wildman–Crippen MR) is 124 cm³/mol. The number of nitrogens with zero attached hydrogens (tertiary/aromatic N) is 1. The molecule has 0 saturated carbocycles. The van der Waals surface area contributed by atoms with Gasteiger partial charge in [0.15, 0.2) is 5.60 Å². The molecule has 9 heteroatoms. The molecule has 178 valence electrons. The molecule has 2 amide bonds. The molecule has 0 heterocycles. The summed E-state index contributed by atoms with van der Waals surface area (Å²) in [4.78, 5) is 26.4. The number of carbonyl (C=O) groups is 2. The van der Waals surface area contributed by atoms with Crippen LogP contribution in [0.15, 0.2) is 48.5 Å². The summed E-state index contributed by atoms with van der Waals surface area (Å²) in [6.07, 6.45) is -3.12. The number of anilines is 1. The van der Waals surface area contributed by atoms with Gasteiger partial charge in [0.2, 0.25) is 0 Å². The van der Waals surface area contributed by atoms with Crippen molar-refractivity contribution < 1.29 is 28.3 Å². The van der Waals surface area contributed by atoms with Crippen LogP contribution >= 0.6 is 0 Å². The maximum absolute atomic E-state index is 13.5. The van der Waals surface area contributed by atoms with E-state index in [0.717, 1.165) is 25.3 Å². The van der Waals surface area contributed by atoms with Crippen LogP contribution in [0.25, 0.3) is 0 Å². The van der Waals surface area contributed by atoms with Crippen LogP contribution in [0.4, 0.5) is 14.5 Å². The Balaban J connectivity index is 2.11. The van der Waals surface area contributed by atoms with Crippen LogP contribution in [-0.4, -0.2) is 56.3 Å². The van der Waals surface area contributed by atoms with Gasteiger partial charge in [0.05, 0.1) is 0 Å². The van der Waals surface area contributed by atoms with Gasteiger partial charge in [-0.15, -0.1) is 0 Å². The summed E-state index contributed by atoms with van der Waals surface area (Å²) in [6.45, 7) is 0.953. The Morgan fingerprint density at radius 2 is 1.50 bits per heavy atom. The largest absolute Gasteiger partial charge is 0.378 e. The third-order valence-electron chi connectivity index (χ3n) is 5.10. The van der Waals surface area contributed by atoms with Gasteiger partial charge in [0.1, 0.15) is 6.04 Å². The third-order valence-corrected chi connectivity index (χ3v) is 5.10. The summed E-state index contributed by atoms with van der Waals surface area (Å²) >= 11 is 0. The molecule has 2 atom stereocenters. The van der Waals surface area contributed by atoms with Crippen LogP contribution in [0.5, 0.6) is 0 Å². The smallest absolute Gasteiger partial charge is 0.269 e. The average Bonchev–Trinajstić information content (AvgIpc) is 2.84. The van der Waals surface area contributed by atoms with Gasteiger partial charge < -0.3 is 15.0 Å². The topological polar surface area (TPSA) is 90.9 Å². The SMILES string of the molecule is COC(C)(C(F)F)C(NC(=O)c1ccc(C#CC#Cc2ccc(N(C)C)cc2)cc1)C(=O)NO. The highest BCUT2D eigenvalue weighted by Crippen LogP contribution is 2.24. The molecule has 2 aromatic rings. The van der Waals surface area contributed by atoms with Crippen molar-refractivity contribution in [3.63, 3.8) is 0 Å². The minimum atomic E-state index is -3.12. The number of hydroxylamine groups is 1. The van der Waals surface area contributed by atoms with Crippen molar-refractivity contribution in [2.24, 2.45) is 0 Å². The Kier molecular flexibility index (Phi) is 9.14. The normalized spacial score (nSPS) is 12.8. The quantitative estimate of drug-likeness (QED) is 0.329. The van der Waals surface area contributed by atoms with Crippen LogP contribution in [0.1, 0.15) is 28.4 Å². The second-order valence-electron chi connectivity index (χ2n) is 7.59. The molecule has 0 fully saturated rings. The number of alkyl halides is 2. The van der Waals surface area contributed by atoms with Gasteiger partial charge in [-0.2, -0.15) is 0 Å². The van der Waals surface area contributed by atoms with Gasteiger partial charge in [0.25, 0.3) is 18.2 Å². The van der Waals surface area contributed by atoms with Crippen LogP contribution in [-0.2, 0) is 9.53 Å². The van der Waals surface area contributed by atoms with Gasteiger partial charge in [-0.1, -0.05) is 11.8 Å². The summed E-state index contributed by atoms with van der Waals surface area (Å²) in [5.74, 6) is 9.22. The number of carbonyl (C=O) groups excluding carboxylic acids is 2. The molecule has 0 aliphatic carbocycles. The summed E-state index contributed by atoms with van der Waals surface area (Å²) in [7, 11) is 4.88. The molecule has 7 nitrogen and oxygen atoms in total. The van der Waals surface area contributed by atoms with E-state index < -0.39 is 29.9 Å². The zero-order valence-electron chi connectivity index (χ0n) is 19.1. The number of rotatable bonds is 7. The lowest BCUT2D eigenvalue weighted by Gasteiger charge is -2.34. The highest BCUT2D eigenvalue weighted by Gasteiger charge is 2.48. The zero-order chi connectivity index (χ0) is 25.3. The van der Waals surface area contributed by atoms with E-state index in [0.29, 0.717) is 5.56 Å². The molecule has 3 N–H and O–H groups in total. The molecule has 2 unspecified atom stereocenters. The molecule has 0 saturated heterocycles. The monoisotopic (exact) mass is 469 g/mol. The standard InChI is InChI=1S/C25H25F2N3O4/c1-25(34-4,24(26)27)21(23(32)29-33)28-22(31)19-13-9-17(10-14-19)7-5-6-8-18-11-15-20(16-12-18)30(2)3/h9-16,21,24,33H,1-4H3,(H,28,31)(H,29,32). The first kappa shape index (κ1) is 26.3. The predicted octanol–water partition coefficient (Wildman–Crippen LogP) is 2.43. The third kappa shape index (κ3) is 6.55. The van der Waals surface area contributed by atoms with Crippen LogP contribution < -0.4 is 15.7 Å². The molecule has 0 aromatic heterocycles. The van der Waals surface area contributed by atoms with Gasteiger partial charge in [-0.05, 0) is 67.3 Å². The van der Waals surface area contributed by atoms with E-state index in [9.17, 15) is 18.4 Å². The molecule has 2 rings (SSSR count). The highest BCUT2D eigenvalue weighted by atomic mass is 19.3. The molecule has 34 heavy (non-hydrogen) atoms. The number of amides is 2. The molecule has 0 radical (unpaired) electrons. The van der Waals surface area contributed by atoms with E-state index in [2.05, 4.69) is 29.0 Å². The van der Waals surface area contributed by atoms with Crippen LogP contribution in [0.3, 0.4) is 0 Å². The van der Waals surface area contributed by atoms with Crippen molar-refractivity contribution >= 4 is 17.5 Å². The zero-order valence-corrected chi connectivity index (χ0v) is 19.1. The van der Waals surface area contributed by atoms with E-state index in [1.165, 1.54) is 17.6 Å². The Labute approximate surface area is 197 Å². The molecule has 0 aliphatic heterocycles. The van der Waals surface area contributed by atoms with Crippen molar-refractivity contribution in [1.29, 1.82) is 0 Å². The first-order valence-electron chi connectivity index (χ1n) is 10.1. The maximum Gasteiger partial charge on any atom is 0.269 e. The first-order chi connectivity index (χ1) is 16.1. The lowest BCUT2D eigenvalue weighted by atomic mass is 9.95. The van der Waals surface area contributed by atoms with Crippen molar-refractivity contribution in [3.05, 3.63) is 65.2 Å². The minimum absolute atomic E-state index is 0.0982. The lowest BCUT2D eigenvalue weighted by Crippen LogP contribution is -2.62. The lowest BCUT2D eigenvalue weighted by molar-refractivity contribution is -0.157. The van der Waals surface area contributed by atoms with E-state index >= 15 is 0 Å². The maximum atomic E-state index is 13.5. The number of halogens is 2. The van der Waals surface area contributed by atoms with Crippen molar-refractivity contribution in [3.8, 4) is 23.7 Å². The van der Waals surface area contributed by atoms with Gasteiger partial charge in [-0.25, -0.2) is 14.3 Å². The van der Waals surface area contributed by atoms with E-state index in [1.54, 1.807) is 12.1 Å². The second-order valence-corrected chi connectivity index (χ2v) is 7.59. The summed E-state index contributed by atoms with van der Waals surface area (Å²) in [5.41, 5.74) is 1.47. The number of nitrogens with one attached hydrogen (secondary N) is 2. The molecule has 0 spiro atoms. The number of hydrogen-bond donors (Lipinski definition) is 3. The van der Waals surface area contributed by atoms with Crippen molar-refractivity contribution in [2.45, 2.75) is 25.0 Å². The average molecular weight is 469 g/mol. The fraction of sp³-hybridized carbons (Fsp3) is 0.280. The van der Waals surface area contributed by atoms with Gasteiger partial charge in [-0.3, -0.25) is 14.8 Å². The van der Waals surface area contributed by atoms with Crippen LogP contribution in [0, 0.1) is 23.7 Å². The second kappa shape index (κ2) is 11.8. The van der Waals surface area contributed by atoms with Crippen LogP contribution in [0.2, 0.25) is 0 Å². The van der Waals surface area contributed by atoms with E-state index in [4.69, 9.17) is 9.94 Å². The van der Waals surface area contributed by atoms with Crippen molar-refractivity contribution in [1.82, 2.24) is 10.8 Å². The molecule has 2 aromatic carbocycles. The fourth-order valence-electron chi connectivity index (χ4n) is 2.84. The Hall–Kier alpha value is -3.92. The Morgan fingerprint density at radius 1 is 1.00 bits per heavy atom. The fourth-order valence-corrected chi connectivity index (χ4v) is 2.84. The van der Waals surface area contributed by atoms with Gasteiger partial charge in [0, 0.05) is 43.6 Å². The van der Waals surface area contributed by atoms with E-state index in [-0.39, 0.29) is 5.56 Å². The number of hydrogen-bond acceptors (Lipinski definition) is 5. The van der Waals surface area contributed by atoms with Crippen molar-refractivity contribution in [2.75, 3.05) is 26.1 Å². The molecule has 0 bridgehead atoms. The molecule has 0 aliphatic rings. The number of methoxy groups -OCH3 is 1.